The molecule has 0 bridgehead atoms. The first-order chi connectivity index (χ1) is 17.9. The summed E-state index contributed by atoms with van der Waals surface area (Å²) in [5.41, 5.74) is 2.61. The summed E-state index contributed by atoms with van der Waals surface area (Å²) in [4.78, 5) is 0. The van der Waals surface area contributed by atoms with Gasteiger partial charge in [0.15, 0.2) is 8.32 Å². The monoisotopic (exact) mass is 564 g/mol. The molecule has 2 heterocycles. The maximum absolute atomic E-state index is 10.8. The van der Waals surface area contributed by atoms with E-state index in [4.69, 9.17) is 30.2 Å². The van der Waals surface area contributed by atoms with Crippen LogP contribution in [0.4, 0.5) is 0 Å². The van der Waals surface area contributed by atoms with Gasteiger partial charge >= 0.3 is 0 Å². The normalized spacial score (nSPS) is 28.4. The number of ether oxygens (including phenoxy) is 3. The van der Waals surface area contributed by atoms with Gasteiger partial charge in [-0.25, -0.2) is 0 Å². The van der Waals surface area contributed by atoms with E-state index < -0.39 is 38.8 Å². The summed E-state index contributed by atoms with van der Waals surface area (Å²) in [6.45, 7) is 12.2. The van der Waals surface area contributed by atoms with E-state index in [-0.39, 0.29) is 17.7 Å². The van der Waals surface area contributed by atoms with Crippen molar-refractivity contribution in [2.45, 2.75) is 88.4 Å². The first-order valence-electron chi connectivity index (χ1n) is 13.3. The lowest BCUT2D eigenvalue weighted by atomic mass is 9.90. The number of aliphatic hydroxyl groups is 3. The molecule has 0 radical (unpaired) electrons. The van der Waals surface area contributed by atoms with Crippen LogP contribution in [0.1, 0.15) is 50.0 Å². The molecule has 0 aliphatic carbocycles. The highest BCUT2D eigenvalue weighted by atomic mass is 35.5. The zero-order chi connectivity index (χ0) is 27.7. The Morgan fingerprint density at radius 2 is 1.71 bits per heavy atom. The van der Waals surface area contributed by atoms with Crippen LogP contribution in [0.15, 0.2) is 42.5 Å². The van der Waals surface area contributed by atoms with E-state index in [0.29, 0.717) is 23.6 Å². The van der Waals surface area contributed by atoms with Gasteiger partial charge < -0.3 is 34.0 Å². The smallest absolute Gasteiger partial charge is 0.192 e. The van der Waals surface area contributed by atoms with E-state index in [1.807, 2.05) is 30.3 Å². The third-order valence-corrected chi connectivity index (χ3v) is 12.9. The van der Waals surface area contributed by atoms with Crippen molar-refractivity contribution in [3.63, 3.8) is 0 Å². The molecule has 4 rings (SSSR count). The topological polar surface area (TPSA) is 97.6 Å². The van der Waals surface area contributed by atoms with Crippen LogP contribution >= 0.6 is 11.6 Å². The second-order valence-electron chi connectivity index (χ2n) is 11.9. The van der Waals surface area contributed by atoms with Crippen LogP contribution in [0.25, 0.3) is 0 Å². The highest BCUT2D eigenvalue weighted by molar-refractivity contribution is 6.74. The van der Waals surface area contributed by atoms with Gasteiger partial charge in [0, 0.05) is 11.4 Å². The number of aliphatic hydroxyl groups excluding tert-OH is 3. The summed E-state index contributed by atoms with van der Waals surface area (Å²) >= 11 is 6.54. The Morgan fingerprint density at radius 1 is 1.00 bits per heavy atom. The Kier molecular flexibility index (Phi) is 9.27. The molecule has 0 aromatic heterocycles. The number of rotatable bonds is 8. The lowest BCUT2D eigenvalue weighted by molar-refractivity contribution is -0.230. The Morgan fingerprint density at radius 3 is 2.34 bits per heavy atom. The molecule has 6 atom stereocenters. The maximum Gasteiger partial charge on any atom is 0.192 e. The molecule has 2 aliphatic rings. The second-order valence-corrected chi connectivity index (χ2v) is 17.1. The van der Waals surface area contributed by atoms with Crippen molar-refractivity contribution in [2.24, 2.45) is 0 Å². The van der Waals surface area contributed by atoms with E-state index in [9.17, 15) is 15.3 Å². The van der Waals surface area contributed by atoms with Crippen LogP contribution in [0.3, 0.4) is 0 Å². The van der Waals surface area contributed by atoms with Crippen LogP contribution in [-0.2, 0) is 20.3 Å². The third-order valence-electron chi connectivity index (χ3n) is 8.03. The van der Waals surface area contributed by atoms with Gasteiger partial charge in [-0.15, -0.1) is 0 Å². The molecule has 2 aliphatic heterocycles. The minimum absolute atomic E-state index is 0.00945. The minimum atomic E-state index is -2.10. The molecular formula is C29H41ClO7Si. The molecule has 0 amide bonds. The summed E-state index contributed by atoms with van der Waals surface area (Å²) in [6.07, 6.45) is -3.95. The van der Waals surface area contributed by atoms with Gasteiger partial charge in [0.05, 0.1) is 19.8 Å². The zero-order valence-corrected chi connectivity index (χ0v) is 24.6. The molecule has 0 saturated carbocycles. The van der Waals surface area contributed by atoms with Gasteiger partial charge in [-0.05, 0) is 59.4 Å². The van der Waals surface area contributed by atoms with Crippen molar-refractivity contribution in [2.75, 3.05) is 19.8 Å². The van der Waals surface area contributed by atoms with Crippen LogP contribution < -0.4 is 4.74 Å². The number of benzene rings is 2. The zero-order valence-electron chi connectivity index (χ0n) is 22.9. The standard InChI is InChI=1S/C29H41ClO7Si/c1-29(2,3)38(4,5)35-17-24-25(31)26(32)27(33)28(37-24)19-8-11-23(30)20(15-19)14-18-6-9-21(10-7-18)36-22-12-13-34-16-22/h6-11,15,22,24-28,31-33H,12-14,16-17H2,1-5H3/t22-,24+,25+,26-,27+,28-/m0/s1. The van der Waals surface area contributed by atoms with Gasteiger partial charge in [-0.3, -0.25) is 0 Å². The lowest BCUT2D eigenvalue weighted by Gasteiger charge is -2.43. The molecule has 3 N–H and O–H groups in total. The molecule has 210 valence electrons. The fourth-order valence-corrected chi connectivity index (χ4v) is 5.68. The molecule has 0 spiro atoms. The molecule has 7 nitrogen and oxygen atoms in total. The van der Waals surface area contributed by atoms with E-state index in [1.165, 1.54) is 0 Å². The van der Waals surface area contributed by atoms with E-state index in [0.717, 1.165) is 29.9 Å². The summed E-state index contributed by atoms with van der Waals surface area (Å²) in [5, 5.41) is 32.7. The molecule has 38 heavy (non-hydrogen) atoms. The molecule has 2 saturated heterocycles. The van der Waals surface area contributed by atoms with Crippen molar-refractivity contribution in [1.82, 2.24) is 0 Å². The molecule has 2 fully saturated rings. The summed E-state index contributed by atoms with van der Waals surface area (Å²) in [5.74, 6) is 0.807. The SMILES string of the molecule is CC(C)(C)[Si](C)(C)OC[C@H]1O[C@@H](c2ccc(Cl)c(Cc3ccc(O[C@H]4CCOC4)cc3)c2)[C@H](O)[C@@H](O)[C@@H]1O. The van der Waals surface area contributed by atoms with Crippen molar-refractivity contribution >= 4 is 19.9 Å². The Bertz CT molecular complexity index is 1070. The van der Waals surface area contributed by atoms with Gasteiger partial charge in [0.25, 0.3) is 0 Å². The van der Waals surface area contributed by atoms with Gasteiger partial charge in [-0.2, -0.15) is 0 Å². The van der Waals surface area contributed by atoms with E-state index >= 15 is 0 Å². The Balaban J connectivity index is 1.47. The summed E-state index contributed by atoms with van der Waals surface area (Å²) < 4.78 is 23.8. The van der Waals surface area contributed by atoms with Crippen molar-refractivity contribution in [3.8, 4) is 5.75 Å². The van der Waals surface area contributed by atoms with Crippen molar-refractivity contribution < 1.29 is 34.0 Å². The van der Waals surface area contributed by atoms with E-state index in [2.05, 4.69) is 33.9 Å². The second kappa shape index (κ2) is 11.9. The largest absolute Gasteiger partial charge is 0.488 e. The van der Waals surface area contributed by atoms with Crippen molar-refractivity contribution in [3.05, 3.63) is 64.2 Å². The van der Waals surface area contributed by atoms with Crippen LogP contribution in [-0.4, -0.2) is 74.0 Å². The lowest BCUT2D eigenvalue weighted by Crippen LogP contribution is -2.56. The quantitative estimate of drug-likeness (QED) is 0.402. The fourth-order valence-electron chi connectivity index (χ4n) is 4.48. The average molecular weight is 565 g/mol. The van der Waals surface area contributed by atoms with Gasteiger partial charge in [0.1, 0.15) is 42.4 Å². The fraction of sp³-hybridized carbons (Fsp3) is 0.586. The molecule has 9 heteroatoms. The summed E-state index contributed by atoms with van der Waals surface area (Å²) in [6, 6.07) is 13.4. The highest BCUT2D eigenvalue weighted by Gasteiger charge is 2.46. The first kappa shape index (κ1) is 29.5. The maximum atomic E-state index is 10.8. The highest BCUT2D eigenvalue weighted by Crippen LogP contribution is 2.39. The molecule has 0 unspecified atom stereocenters. The summed E-state index contributed by atoms with van der Waals surface area (Å²) in [7, 11) is -2.10. The first-order valence-corrected chi connectivity index (χ1v) is 16.6. The van der Waals surface area contributed by atoms with Crippen LogP contribution in [0, 0.1) is 0 Å². The predicted octanol–water partition coefficient (Wildman–Crippen LogP) is 4.64. The average Bonchev–Trinajstić information content (AvgIpc) is 3.37. The van der Waals surface area contributed by atoms with Crippen LogP contribution in [0.5, 0.6) is 5.75 Å². The van der Waals surface area contributed by atoms with E-state index in [1.54, 1.807) is 12.1 Å². The Hall–Kier alpha value is -1.49. The Labute approximate surface area is 231 Å². The molecule has 2 aromatic carbocycles. The third kappa shape index (κ3) is 6.80. The van der Waals surface area contributed by atoms with Crippen LogP contribution in [0.2, 0.25) is 23.2 Å². The van der Waals surface area contributed by atoms with Gasteiger partial charge in [-0.1, -0.05) is 56.6 Å². The van der Waals surface area contributed by atoms with Gasteiger partial charge in [0.2, 0.25) is 0 Å². The number of hydrogen-bond acceptors (Lipinski definition) is 7. The molecule has 2 aromatic rings. The number of halogens is 1. The molecular weight excluding hydrogens is 524 g/mol. The number of hydrogen-bond donors (Lipinski definition) is 3. The predicted molar refractivity (Wildman–Crippen MR) is 149 cm³/mol. The minimum Gasteiger partial charge on any atom is -0.488 e. The van der Waals surface area contributed by atoms with Crippen molar-refractivity contribution in [1.29, 1.82) is 0 Å².